The smallest absolute Gasteiger partial charge is 0.251 e. The van der Waals surface area contributed by atoms with E-state index in [2.05, 4.69) is 10.6 Å². The summed E-state index contributed by atoms with van der Waals surface area (Å²) in [6.45, 7) is 3.92. The van der Waals surface area contributed by atoms with Gasteiger partial charge in [-0.05, 0) is 31.6 Å². The van der Waals surface area contributed by atoms with Crippen molar-refractivity contribution in [2.45, 2.75) is 13.3 Å². The first kappa shape index (κ1) is 14.5. The number of benzene rings is 1. The van der Waals surface area contributed by atoms with Gasteiger partial charge in [-0.3, -0.25) is 4.79 Å². The van der Waals surface area contributed by atoms with Gasteiger partial charge in [0.2, 0.25) is 0 Å². The van der Waals surface area contributed by atoms with E-state index >= 15 is 0 Å². The molecule has 1 amide bonds. The van der Waals surface area contributed by atoms with Crippen LogP contribution < -0.4 is 10.6 Å². The summed E-state index contributed by atoms with van der Waals surface area (Å²) < 4.78 is 38.4. The molecule has 0 unspecified atom stereocenters. The standard InChI is InChI=1S/C12H15F3N2O/c1-2-16-4-3-5-17-12(18)8-6-9(13)11(15)10(14)7-8/h6-7,16H,2-5H2,1H3,(H,17,18). The number of amides is 1. The second kappa shape index (κ2) is 7.00. The summed E-state index contributed by atoms with van der Waals surface area (Å²) in [6.07, 6.45) is 0.700. The van der Waals surface area contributed by atoms with Crippen LogP contribution in [0.25, 0.3) is 0 Å². The number of nitrogens with one attached hydrogen (secondary N) is 2. The van der Waals surface area contributed by atoms with Gasteiger partial charge in [0.05, 0.1) is 0 Å². The first-order valence-corrected chi connectivity index (χ1v) is 5.69. The minimum Gasteiger partial charge on any atom is -0.352 e. The van der Waals surface area contributed by atoms with Gasteiger partial charge in [0.1, 0.15) is 0 Å². The molecule has 3 nitrogen and oxygen atoms in total. The highest BCUT2D eigenvalue weighted by atomic mass is 19.2. The van der Waals surface area contributed by atoms with Crippen molar-refractivity contribution in [2.24, 2.45) is 0 Å². The molecule has 0 heterocycles. The molecule has 0 radical (unpaired) electrons. The van der Waals surface area contributed by atoms with Gasteiger partial charge in [-0.15, -0.1) is 0 Å². The van der Waals surface area contributed by atoms with Crippen molar-refractivity contribution in [3.63, 3.8) is 0 Å². The largest absolute Gasteiger partial charge is 0.352 e. The Labute approximate surface area is 103 Å². The van der Waals surface area contributed by atoms with E-state index in [0.29, 0.717) is 25.1 Å². The van der Waals surface area contributed by atoms with Crippen LogP contribution >= 0.6 is 0 Å². The first-order chi connectivity index (χ1) is 8.56. The quantitative estimate of drug-likeness (QED) is 0.605. The van der Waals surface area contributed by atoms with Crippen LogP contribution in [0.1, 0.15) is 23.7 Å². The van der Waals surface area contributed by atoms with E-state index in [0.717, 1.165) is 13.1 Å². The maximum absolute atomic E-state index is 12.9. The summed E-state index contributed by atoms with van der Waals surface area (Å²) in [5.74, 6) is -4.93. The molecular formula is C12H15F3N2O. The third kappa shape index (κ3) is 4.03. The molecule has 0 bridgehead atoms. The van der Waals surface area contributed by atoms with Gasteiger partial charge >= 0.3 is 0 Å². The summed E-state index contributed by atoms with van der Waals surface area (Å²) in [5.41, 5.74) is -0.227. The molecule has 0 spiro atoms. The summed E-state index contributed by atoms with van der Waals surface area (Å²) in [4.78, 5) is 11.5. The minimum atomic E-state index is -1.57. The second-order valence-corrected chi connectivity index (χ2v) is 3.72. The van der Waals surface area contributed by atoms with Gasteiger partial charge in [-0.2, -0.15) is 0 Å². The lowest BCUT2D eigenvalue weighted by Crippen LogP contribution is -2.27. The fraction of sp³-hybridized carbons (Fsp3) is 0.417. The fourth-order valence-electron chi connectivity index (χ4n) is 1.38. The molecular weight excluding hydrogens is 245 g/mol. The van der Waals surface area contributed by atoms with Crippen LogP contribution in [0.5, 0.6) is 0 Å². The lowest BCUT2D eigenvalue weighted by atomic mass is 10.2. The van der Waals surface area contributed by atoms with Crippen LogP contribution in [0.2, 0.25) is 0 Å². The van der Waals surface area contributed by atoms with Gasteiger partial charge in [-0.1, -0.05) is 6.92 Å². The highest BCUT2D eigenvalue weighted by molar-refractivity contribution is 5.94. The average Bonchev–Trinajstić information content (AvgIpc) is 2.34. The number of hydrogen-bond acceptors (Lipinski definition) is 2. The van der Waals surface area contributed by atoms with Crippen LogP contribution in [0.3, 0.4) is 0 Å². The SMILES string of the molecule is CCNCCCNC(=O)c1cc(F)c(F)c(F)c1. The Morgan fingerprint density at radius 1 is 1.17 bits per heavy atom. The molecule has 18 heavy (non-hydrogen) atoms. The molecule has 0 saturated carbocycles. The van der Waals surface area contributed by atoms with Crippen LogP contribution in [0.4, 0.5) is 13.2 Å². The molecule has 1 aromatic rings. The van der Waals surface area contributed by atoms with E-state index < -0.39 is 23.4 Å². The molecule has 0 aliphatic rings. The van der Waals surface area contributed by atoms with E-state index in [1.165, 1.54) is 0 Å². The van der Waals surface area contributed by atoms with Crippen molar-refractivity contribution in [3.05, 3.63) is 35.1 Å². The third-order valence-corrected chi connectivity index (χ3v) is 2.31. The fourth-order valence-corrected chi connectivity index (χ4v) is 1.38. The number of carbonyl (C=O) groups is 1. The van der Waals surface area contributed by atoms with Gasteiger partial charge in [-0.25, -0.2) is 13.2 Å². The molecule has 0 saturated heterocycles. The Morgan fingerprint density at radius 2 is 1.78 bits per heavy atom. The second-order valence-electron chi connectivity index (χ2n) is 3.72. The number of rotatable bonds is 6. The van der Waals surface area contributed by atoms with Gasteiger partial charge < -0.3 is 10.6 Å². The van der Waals surface area contributed by atoms with Crippen molar-refractivity contribution >= 4 is 5.91 Å². The Bertz CT molecular complexity index is 401. The zero-order chi connectivity index (χ0) is 13.5. The molecule has 0 aliphatic carbocycles. The van der Waals surface area contributed by atoms with Crippen molar-refractivity contribution in [1.29, 1.82) is 0 Å². The van der Waals surface area contributed by atoms with Crippen molar-refractivity contribution in [1.82, 2.24) is 10.6 Å². The van der Waals surface area contributed by atoms with Crippen molar-refractivity contribution < 1.29 is 18.0 Å². The van der Waals surface area contributed by atoms with E-state index in [9.17, 15) is 18.0 Å². The lowest BCUT2D eigenvalue weighted by molar-refractivity contribution is 0.0952. The Hall–Kier alpha value is -1.56. The molecule has 1 rings (SSSR count). The normalized spacial score (nSPS) is 10.4. The molecule has 0 atom stereocenters. The van der Waals surface area contributed by atoms with Gasteiger partial charge in [0.15, 0.2) is 17.5 Å². The summed E-state index contributed by atoms with van der Waals surface area (Å²) >= 11 is 0. The lowest BCUT2D eigenvalue weighted by Gasteiger charge is -2.06. The Kier molecular flexibility index (Phi) is 5.64. The summed E-state index contributed by atoms with van der Waals surface area (Å²) in [5, 5.41) is 5.56. The van der Waals surface area contributed by atoms with E-state index in [1.807, 2.05) is 6.92 Å². The zero-order valence-corrected chi connectivity index (χ0v) is 10.0. The van der Waals surface area contributed by atoms with E-state index in [4.69, 9.17) is 0 Å². The molecule has 6 heteroatoms. The van der Waals surface area contributed by atoms with E-state index in [1.54, 1.807) is 0 Å². The van der Waals surface area contributed by atoms with Crippen molar-refractivity contribution in [3.8, 4) is 0 Å². The first-order valence-electron chi connectivity index (χ1n) is 5.69. The number of hydrogen-bond donors (Lipinski definition) is 2. The topological polar surface area (TPSA) is 41.1 Å². The summed E-state index contributed by atoms with van der Waals surface area (Å²) in [7, 11) is 0. The predicted molar refractivity (Wildman–Crippen MR) is 61.8 cm³/mol. The zero-order valence-electron chi connectivity index (χ0n) is 10.0. The Morgan fingerprint density at radius 3 is 2.33 bits per heavy atom. The molecule has 0 aliphatic heterocycles. The molecule has 2 N–H and O–H groups in total. The number of halogens is 3. The maximum Gasteiger partial charge on any atom is 0.251 e. The van der Waals surface area contributed by atoms with Gasteiger partial charge in [0, 0.05) is 12.1 Å². The third-order valence-electron chi connectivity index (χ3n) is 2.31. The maximum atomic E-state index is 12.9. The van der Waals surface area contributed by atoms with Crippen LogP contribution in [-0.2, 0) is 0 Å². The minimum absolute atomic E-state index is 0.227. The van der Waals surface area contributed by atoms with Gasteiger partial charge in [0.25, 0.3) is 5.91 Å². The molecule has 1 aromatic carbocycles. The highest BCUT2D eigenvalue weighted by Crippen LogP contribution is 2.13. The van der Waals surface area contributed by atoms with Crippen LogP contribution in [-0.4, -0.2) is 25.5 Å². The van der Waals surface area contributed by atoms with Crippen LogP contribution in [0.15, 0.2) is 12.1 Å². The molecule has 0 fully saturated rings. The Balaban J connectivity index is 2.52. The van der Waals surface area contributed by atoms with Crippen LogP contribution in [0, 0.1) is 17.5 Å². The summed E-state index contributed by atoms with van der Waals surface area (Å²) in [6, 6.07) is 1.36. The highest BCUT2D eigenvalue weighted by Gasteiger charge is 2.14. The molecule has 0 aromatic heterocycles. The molecule has 100 valence electrons. The van der Waals surface area contributed by atoms with Crippen molar-refractivity contribution in [2.75, 3.05) is 19.6 Å². The monoisotopic (exact) mass is 260 g/mol. The average molecular weight is 260 g/mol. The predicted octanol–water partition coefficient (Wildman–Crippen LogP) is 1.83. The number of carbonyl (C=O) groups excluding carboxylic acids is 1. The van der Waals surface area contributed by atoms with E-state index in [-0.39, 0.29) is 5.56 Å².